The summed E-state index contributed by atoms with van der Waals surface area (Å²) in [6, 6.07) is 20.0. The van der Waals surface area contributed by atoms with E-state index in [1.165, 1.54) is 0 Å². The summed E-state index contributed by atoms with van der Waals surface area (Å²) in [5.41, 5.74) is 1.65. The quantitative estimate of drug-likeness (QED) is 0.795. The van der Waals surface area contributed by atoms with Gasteiger partial charge >= 0.3 is 0 Å². The van der Waals surface area contributed by atoms with E-state index < -0.39 is 10.0 Å². The fourth-order valence-electron chi connectivity index (χ4n) is 2.26. The first-order valence-corrected chi connectivity index (χ1v) is 8.12. The summed E-state index contributed by atoms with van der Waals surface area (Å²) >= 11 is 0. The number of benzene rings is 3. The van der Waals surface area contributed by atoms with Gasteiger partial charge < -0.3 is 0 Å². The first-order chi connectivity index (χ1) is 10.1. The molecule has 0 fully saturated rings. The summed E-state index contributed by atoms with van der Waals surface area (Å²) in [4.78, 5) is 0.293. The van der Waals surface area contributed by atoms with Gasteiger partial charge in [-0.25, -0.2) is 8.42 Å². The van der Waals surface area contributed by atoms with Crippen LogP contribution in [0.2, 0.25) is 0 Å². The number of sulfonamides is 1. The van der Waals surface area contributed by atoms with Crippen molar-refractivity contribution in [2.24, 2.45) is 0 Å². The van der Waals surface area contributed by atoms with E-state index in [1.54, 1.807) is 24.3 Å². The second-order valence-corrected chi connectivity index (χ2v) is 6.60. The van der Waals surface area contributed by atoms with Crippen LogP contribution in [0, 0.1) is 6.92 Å². The van der Waals surface area contributed by atoms with E-state index in [0.29, 0.717) is 10.6 Å². The zero-order valence-corrected chi connectivity index (χ0v) is 12.4. The van der Waals surface area contributed by atoms with Crippen LogP contribution in [0.15, 0.2) is 71.6 Å². The minimum Gasteiger partial charge on any atom is -0.280 e. The van der Waals surface area contributed by atoms with Crippen LogP contribution in [-0.4, -0.2) is 8.42 Å². The zero-order chi connectivity index (χ0) is 14.9. The molecule has 106 valence electrons. The van der Waals surface area contributed by atoms with E-state index in [2.05, 4.69) is 4.72 Å². The van der Waals surface area contributed by atoms with Gasteiger partial charge in [-0.3, -0.25) is 4.72 Å². The molecule has 0 aliphatic carbocycles. The molecular weight excluding hydrogens is 282 g/mol. The minimum absolute atomic E-state index is 0.293. The molecular formula is C17H15NO2S. The van der Waals surface area contributed by atoms with E-state index >= 15 is 0 Å². The lowest BCUT2D eigenvalue weighted by Crippen LogP contribution is -2.13. The molecule has 0 radical (unpaired) electrons. The number of nitrogens with one attached hydrogen (secondary N) is 1. The standard InChI is InChI=1S/C17H15NO2S/c1-13-9-11-15(12-10-13)18-21(19,20)17-8-4-6-14-5-2-3-7-16(14)17/h2-12,18H,1H3. The molecule has 0 bridgehead atoms. The molecule has 4 heteroatoms. The molecule has 1 N–H and O–H groups in total. The Bertz CT molecular complexity index is 879. The van der Waals surface area contributed by atoms with Gasteiger partial charge in [-0.05, 0) is 30.5 Å². The Morgan fingerprint density at radius 1 is 0.810 bits per heavy atom. The summed E-state index contributed by atoms with van der Waals surface area (Å²) in [6.07, 6.45) is 0. The molecule has 0 amide bonds. The Morgan fingerprint density at radius 3 is 2.24 bits per heavy atom. The van der Waals surface area contributed by atoms with Crippen LogP contribution in [0.3, 0.4) is 0 Å². The van der Waals surface area contributed by atoms with Gasteiger partial charge in [0.05, 0.1) is 4.90 Å². The number of aryl methyl sites for hydroxylation is 1. The van der Waals surface area contributed by atoms with E-state index in [-0.39, 0.29) is 0 Å². The lowest BCUT2D eigenvalue weighted by Gasteiger charge is -2.10. The minimum atomic E-state index is -3.60. The molecule has 0 aliphatic heterocycles. The van der Waals surface area contributed by atoms with Crippen molar-refractivity contribution in [2.75, 3.05) is 4.72 Å². The fourth-order valence-corrected chi connectivity index (χ4v) is 3.55. The molecule has 0 aromatic heterocycles. The Labute approximate surface area is 124 Å². The zero-order valence-electron chi connectivity index (χ0n) is 11.6. The Kier molecular flexibility index (Phi) is 3.39. The summed E-state index contributed by atoms with van der Waals surface area (Å²) in [5.74, 6) is 0. The Balaban J connectivity index is 2.06. The second-order valence-electron chi connectivity index (χ2n) is 4.95. The summed E-state index contributed by atoms with van der Waals surface area (Å²) in [5, 5.41) is 1.63. The number of fused-ring (bicyclic) bond motifs is 1. The molecule has 0 unspecified atom stereocenters. The van der Waals surface area contributed by atoms with Crippen LogP contribution in [0.25, 0.3) is 10.8 Å². The van der Waals surface area contributed by atoms with Gasteiger partial charge in [-0.1, -0.05) is 54.1 Å². The third-order valence-corrected chi connectivity index (χ3v) is 4.78. The normalized spacial score (nSPS) is 11.5. The molecule has 3 nitrogen and oxygen atoms in total. The van der Waals surface area contributed by atoms with Crippen molar-refractivity contribution in [3.63, 3.8) is 0 Å². The summed E-state index contributed by atoms with van der Waals surface area (Å²) in [7, 11) is -3.60. The summed E-state index contributed by atoms with van der Waals surface area (Å²) < 4.78 is 27.8. The van der Waals surface area contributed by atoms with Crippen molar-refractivity contribution in [3.05, 3.63) is 72.3 Å². The van der Waals surface area contributed by atoms with Gasteiger partial charge in [0.15, 0.2) is 0 Å². The predicted octanol–water partition coefficient (Wildman–Crippen LogP) is 3.95. The topological polar surface area (TPSA) is 46.2 Å². The molecule has 3 aromatic rings. The van der Waals surface area contributed by atoms with Crippen LogP contribution >= 0.6 is 0 Å². The number of anilines is 1. The van der Waals surface area contributed by atoms with Crippen LogP contribution in [0.1, 0.15) is 5.56 Å². The second kappa shape index (κ2) is 5.22. The molecule has 0 atom stereocenters. The molecule has 3 aromatic carbocycles. The van der Waals surface area contributed by atoms with Gasteiger partial charge in [0.2, 0.25) is 0 Å². The molecule has 0 saturated heterocycles. The maximum atomic E-state index is 12.6. The highest BCUT2D eigenvalue weighted by molar-refractivity contribution is 7.93. The van der Waals surface area contributed by atoms with Crippen molar-refractivity contribution < 1.29 is 8.42 Å². The van der Waals surface area contributed by atoms with Crippen LogP contribution in [-0.2, 0) is 10.0 Å². The molecule has 0 spiro atoms. The van der Waals surface area contributed by atoms with Gasteiger partial charge in [0.25, 0.3) is 10.0 Å². The molecule has 3 rings (SSSR count). The van der Waals surface area contributed by atoms with E-state index in [9.17, 15) is 8.42 Å². The fraction of sp³-hybridized carbons (Fsp3) is 0.0588. The van der Waals surface area contributed by atoms with Crippen LogP contribution in [0.5, 0.6) is 0 Å². The van der Waals surface area contributed by atoms with E-state index in [4.69, 9.17) is 0 Å². The molecule has 0 saturated carbocycles. The maximum Gasteiger partial charge on any atom is 0.262 e. The maximum absolute atomic E-state index is 12.6. The lowest BCUT2D eigenvalue weighted by atomic mass is 10.1. The average Bonchev–Trinajstić information content (AvgIpc) is 2.49. The third kappa shape index (κ3) is 2.76. The highest BCUT2D eigenvalue weighted by Crippen LogP contribution is 2.24. The van der Waals surface area contributed by atoms with E-state index in [0.717, 1.165) is 16.3 Å². The van der Waals surface area contributed by atoms with Crippen molar-refractivity contribution in [1.82, 2.24) is 0 Å². The van der Waals surface area contributed by atoms with E-state index in [1.807, 2.05) is 49.4 Å². The van der Waals surface area contributed by atoms with Gasteiger partial charge in [-0.15, -0.1) is 0 Å². The largest absolute Gasteiger partial charge is 0.280 e. The van der Waals surface area contributed by atoms with Crippen molar-refractivity contribution in [3.8, 4) is 0 Å². The number of hydrogen-bond donors (Lipinski definition) is 1. The highest BCUT2D eigenvalue weighted by atomic mass is 32.2. The Hall–Kier alpha value is -2.33. The monoisotopic (exact) mass is 297 g/mol. The molecule has 0 heterocycles. The smallest absolute Gasteiger partial charge is 0.262 e. The predicted molar refractivity (Wildman–Crippen MR) is 85.9 cm³/mol. The van der Waals surface area contributed by atoms with Crippen LogP contribution < -0.4 is 4.72 Å². The van der Waals surface area contributed by atoms with Gasteiger partial charge in [-0.2, -0.15) is 0 Å². The third-order valence-electron chi connectivity index (χ3n) is 3.34. The molecule has 21 heavy (non-hydrogen) atoms. The lowest BCUT2D eigenvalue weighted by molar-refractivity contribution is 0.602. The SMILES string of the molecule is Cc1ccc(NS(=O)(=O)c2cccc3ccccc23)cc1. The number of hydrogen-bond acceptors (Lipinski definition) is 2. The van der Waals surface area contributed by atoms with Gasteiger partial charge in [0.1, 0.15) is 0 Å². The summed E-state index contributed by atoms with van der Waals surface area (Å²) in [6.45, 7) is 1.96. The van der Waals surface area contributed by atoms with Crippen molar-refractivity contribution in [2.45, 2.75) is 11.8 Å². The van der Waals surface area contributed by atoms with Crippen molar-refractivity contribution >= 4 is 26.5 Å². The average molecular weight is 297 g/mol. The van der Waals surface area contributed by atoms with Crippen molar-refractivity contribution in [1.29, 1.82) is 0 Å². The number of rotatable bonds is 3. The van der Waals surface area contributed by atoms with Gasteiger partial charge in [0, 0.05) is 11.1 Å². The first-order valence-electron chi connectivity index (χ1n) is 6.63. The highest BCUT2D eigenvalue weighted by Gasteiger charge is 2.16. The van der Waals surface area contributed by atoms with Crippen LogP contribution in [0.4, 0.5) is 5.69 Å². The molecule has 0 aliphatic rings. The Morgan fingerprint density at radius 2 is 1.48 bits per heavy atom. The first kappa shape index (κ1) is 13.6.